The summed E-state index contributed by atoms with van der Waals surface area (Å²) < 4.78 is 5.12. The van der Waals surface area contributed by atoms with Gasteiger partial charge in [-0.2, -0.15) is 5.10 Å². The van der Waals surface area contributed by atoms with Crippen LogP contribution in [0.15, 0.2) is 12.3 Å². The molecule has 17 heavy (non-hydrogen) atoms. The molecular formula is C10H13N3O4. The third-order valence-electron chi connectivity index (χ3n) is 2.92. The van der Waals surface area contributed by atoms with Gasteiger partial charge in [-0.25, -0.2) is 0 Å². The molecule has 2 unspecified atom stereocenters. The maximum absolute atomic E-state index is 12.0. The minimum absolute atomic E-state index is 0.139. The predicted octanol–water partition coefficient (Wildman–Crippen LogP) is -0.419. The van der Waals surface area contributed by atoms with Crippen LogP contribution in [0.25, 0.3) is 0 Å². The minimum Gasteiger partial charge on any atom is -0.481 e. The lowest BCUT2D eigenvalue weighted by Gasteiger charge is -2.25. The van der Waals surface area contributed by atoms with Crippen LogP contribution in [0.5, 0.6) is 0 Å². The second-order valence-corrected chi connectivity index (χ2v) is 3.94. The van der Waals surface area contributed by atoms with E-state index in [0.717, 1.165) is 0 Å². The third kappa shape index (κ3) is 2.14. The molecule has 0 spiro atoms. The summed E-state index contributed by atoms with van der Waals surface area (Å²) in [5.41, 5.74) is 0.337. The van der Waals surface area contributed by atoms with Gasteiger partial charge < -0.3 is 14.7 Å². The van der Waals surface area contributed by atoms with Crippen molar-refractivity contribution >= 4 is 11.9 Å². The monoisotopic (exact) mass is 239 g/mol. The van der Waals surface area contributed by atoms with Gasteiger partial charge in [0.05, 0.1) is 19.3 Å². The van der Waals surface area contributed by atoms with Gasteiger partial charge in [0.15, 0.2) is 0 Å². The largest absolute Gasteiger partial charge is 0.481 e. The molecule has 0 bridgehead atoms. The van der Waals surface area contributed by atoms with Gasteiger partial charge in [0.1, 0.15) is 11.6 Å². The molecular weight excluding hydrogens is 226 g/mol. The van der Waals surface area contributed by atoms with Crippen LogP contribution in [0.3, 0.4) is 0 Å². The van der Waals surface area contributed by atoms with Crippen LogP contribution in [0.2, 0.25) is 0 Å². The lowest BCUT2D eigenvalue weighted by Crippen LogP contribution is -2.44. The number of H-pyrrole nitrogens is 1. The predicted molar refractivity (Wildman–Crippen MR) is 56.4 cm³/mol. The highest BCUT2D eigenvalue weighted by molar-refractivity contribution is 5.92. The normalized spacial score (nSPS) is 23.6. The zero-order valence-corrected chi connectivity index (χ0v) is 9.29. The van der Waals surface area contributed by atoms with Gasteiger partial charge in [-0.15, -0.1) is 0 Å². The molecule has 1 saturated heterocycles. The van der Waals surface area contributed by atoms with Gasteiger partial charge in [-0.05, 0) is 6.07 Å². The van der Waals surface area contributed by atoms with Crippen molar-refractivity contribution in [3.05, 3.63) is 18.0 Å². The number of amides is 1. The maximum atomic E-state index is 12.0. The number of carboxylic acid groups (broad SMARTS) is 1. The summed E-state index contributed by atoms with van der Waals surface area (Å²) in [6.45, 7) is 0.383. The van der Waals surface area contributed by atoms with Crippen LogP contribution in [0, 0.1) is 5.92 Å². The molecule has 7 heteroatoms. The number of hydrogen-bond acceptors (Lipinski definition) is 4. The Morgan fingerprint density at radius 3 is 2.94 bits per heavy atom. The fraction of sp³-hybridized carbons (Fsp3) is 0.500. The van der Waals surface area contributed by atoms with E-state index in [1.54, 1.807) is 13.1 Å². The molecule has 0 radical (unpaired) electrons. The van der Waals surface area contributed by atoms with E-state index in [1.807, 2.05) is 0 Å². The average Bonchev–Trinajstić information content (AvgIpc) is 2.97. The quantitative estimate of drug-likeness (QED) is 0.747. The number of ether oxygens (including phenoxy) is 1. The summed E-state index contributed by atoms with van der Waals surface area (Å²) in [6, 6.07) is 1.10. The van der Waals surface area contributed by atoms with Crippen molar-refractivity contribution in [2.75, 3.05) is 20.3 Å². The van der Waals surface area contributed by atoms with E-state index in [0.29, 0.717) is 5.69 Å². The van der Waals surface area contributed by atoms with Crippen molar-refractivity contribution < 1.29 is 19.4 Å². The summed E-state index contributed by atoms with van der Waals surface area (Å²) in [6.07, 6.45) is 1.47. The zero-order chi connectivity index (χ0) is 12.4. The fourth-order valence-corrected chi connectivity index (χ4v) is 1.88. The van der Waals surface area contributed by atoms with Gasteiger partial charge >= 0.3 is 5.97 Å². The number of carbonyl (C=O) groups is 2. The molecule has 2 heterocycles. The van der Waals surface area contributed by atoms with Crippen LogP contribution in [-0.4, -0.2) is 58.4 Å². The first-order valence-corrected chi connectivity index (χ1v) is 5.18. The summed E-state index contributed by atoms with van der Waals surface area (Å²) in [5.74, 6) is -1.91. The highest BCUT2D eigenvalue weighted by Gasteiger charge is 2.38. The van der Waals surface area contributed by atoms with E-state index in [4.69, 9.17) is 9.84 Å². The molecule has 2 rings (SSSR count). The first-order chi connectivity index (χ1) is 8.11. The number of rotatable bonds is 3. The molecule has 0 saturated carbocycles. The number of aromatic nitrogens is 2. The van der Waals surface area contributed by atoms with Crippen molar-refractivity contribution in [3.8, 4) is 0 Å². The van der Waals surface area contributed by atoms with E-state index in [1.165, 1.54) is 11.1 Å². The van der Waals surface area contributed by atoms with Gasteiger partial charge in [0.2, 0.25) is 0 Å². The Labute approximate surface area is 97.4 Å². The fourth-order valence-electron chi connectivity index (χ4n) is 1.88. The Hall–Kier alpha value is -1.89. The van der Waals surface area contributed by atoms with Crippen molar-refractivity contribution in [2.24, 2.45) is 5.92 Å². The maximum Gasteiger partial charge on any atom is 0.311 e. The number of hydrogen-bond donors (Lipinski definition) is 2. The highest BCUT2D eigenvalue weighted by Crippen LogP contribution is 2.20. The molecule has 0 aliphatic carbocycles. The van der Waals surface area contributed by atoms with E-state index in [-0.39, 0.29) is 19.1 Å². The standard InChI is InChI=1S/C10H13N3O4/c1-13(9(14)7-2-3-11-12-7)8-5-17-4-6(8)10(15)16/h2-3,6,8H,4-5H2,1H3,(H,11,12)(H,15,16). The topological polar surface area (TPSA) is 95.5 Å². The molecule has 7 nitrogen and oxygen atoms in total. The first-order valence-electron chi connectivity index (χ1n) is 5.18. The Morgan fingerprint density at radius 1 is 1.59 bits per heavy atom. The molecule has 92 valence electrons. The molecule has 1 aliphatic heterocycles. The summed E-state index contributed by atoms with van der Waals surface area (Å²) >= 11 is 0. The second kappa shape index (κ2) is 4.54. The molecule has 2 atom stereocenters. The van der Waals surface area contributed by atoms with Gasteiger partial charge in [-0.3, -0.25) is 14.7 Å². The van der Waals surface area contributed by atoms with Crippen molar-refractivity contribution in [1.29, 1.82) is 0 Å². The number of carbonyl (C=O) groups excluding carboxylic acids is 1. The molecule has 0 aromatic carbocycles. The number of nitrogens with one attached hydrogen (secondary N) is 1. The Balaban J connectivity index is 2.12. The lowest BCUT2D eigenvalue weighted by atomic mass is 10.0. The number of nitrogens with zero attached hydrogens (tertiary/aromatic N) is 2. The molecule has 1 amide bonds. The Bertz CT molecular complexity index is 417. The summed E-state index contributed by atoms with van der Waals surface area (Å²) in [7, 11) is 1.57. The van der Waals surface area contributed by atoms with Crippen LogP contribution in [0.1, 0.15) is 10.5 Å². The van der Waals surface area contributed by atoms with E-state index in [2.05, 4.69) is 10.2 Å². The summed E-state index contributed by atoms with van der Waals surface area (Å²) in [4.78, 5) is 24.3. The van der Waals surface area contributed by atoms with Crippen LogP contribution in [-0.2, 0) is 9.53 Å². The average molecular weight is 239 g/mol. The van der Waals surface area contributed by atoms with Gasteiger partial charge in [-0.1, -0.05) is 0 Å². The van der Waals surface area contributed by atoms with Crippen LogP contribution >= 0.6 is 0 Å². The minimum atomic E-state index is -0.947. The smallest absolute Gasteiger partial charge is 0.311 e. The van der Waals surface area contributed by atoms with E-state index < -0.39 is 17.9 Å². The number of carboxylic acids is 1. The highest BCUT2D eigenvalue weighted by atomic mass is 16.5. The van der Waals surface area contributed by atoms with Gasteiger partial charge in [0.25, 0.3) is 5.91 Å². The number of aliphatic carboxylic acids is 1. The molecule has 1 aliphatic rings. The molecule has 1 fully saturated rings. The Kier molecular flexibility index (Phi) is 3.10. The third-order valence-corrected chi connectivity index (χ3v) is 2.92. The molecule has 1 aromatic rings. The zero-order valence-electron chi connectivity index (χ0n) is 9.29. The summed E-state index contributed by atoms with van der Waals surface area (Å²) in [5, 5.41) is 15.2. The Morgan fingerprint density at radius 2 is 2.35 bits per heavy atom. The second-order valence-electron chi connectivity index (χ2n) is 3.94. The molecule has 2 N–H and O–H groups in total. The SMILES string of the molecule is CN(C(=O)c1ccn[nH]1)C1COCC1C(=O)O. The number of likely N-dealkylation sites (N-methyl/N-ethyl adjacent to an activating group) is 1. The van der Waals surface area contributed by atoms with E-state index in [9.17, 15) is 9.59 Å². The van der Waals surface area contributed by atoms with Crippen LogP contribution < -0.4 is 0 Å². The van der Waals surface area contributed by atoms with Crippen LogP contribution in [0.4, 0.5) is 0 Å². The first kappa shape index (κ1) is 11.6. The van der Waals surface area contributed by atoms with Crippen molar-refractivity contribution in [3.63, 3.8) is 0 Å². The molecule has 1 aromatic heterocycles. The van der Waals surface area contributed by atoms with Gasteiger partial charge in [0, 0.05) is 13.2 Å². The lowest BCUT2D eigenvalue weighted by molar-refractivity contribution is -0.142. The van der Waals surface area contributed by atoms with E-state index >= 15 is 0 Å². The van der Waals surface area contributed by atoms with Crippen molar-refractivity contribution in [2.45, 2.75) is 6.04 Å². The number of aromatic amines is 1. The van der Waals surface area contributed by atoms with Crippen molar-refractivity contribution in [1.82, 2.24) is 15.1 Å².